The molecule has 4 rings (SSSR count). The molecular formula is C20H34N2O. The lowest BCUT2D eigenvalue weighted by Crippen LogP contribution is -2.64. The molecule has 1 aliphatic heterocycles. The molecule has 3 heteroatoms. The predicted molar refractivity (Wildman–Crippen MR) is 92.7 cm³/mol. The van der Waals surface area contributed by atoms with Gasteiger partial charge in [-0.05, 0) is 79.6 Å². The van der Waals surface area contributed by atoms with Crippen LogP contribution < -0.4 is 5.73 Å². The van der Waals surface area contributed by atoms with Crippen LogP contribution in [0.5, 0.6) is 0 Å². The topological polar surface area (TPSA) is 46.3 Å². The average Bonchev–Trinajstić information content (AvgIpc) is 2.93. The van der Waals surface area contributed by atoms with Gasteiger partial charge in [-0.1, -0.05) is 20.3 Å². The number of likely N-dealkylation sites (tertiary alicyclic amines) is 1. The van der Waals surface area contributed by atoms with Crippen LogP contribution in [0.15, 0.2) is 0 Å². The number of piperidine rings is 1. The van der Waals surface area contributed by atoms with Gasteiger partial charge in [0, 0.05) is 19.5 Å². The van der Waals surface area contributed by atoms with Crippen molar-refractivity contribution in [2.24, 2.45) is 40.2 Å². The minimum Gasteiger partial charge on any atom is -0.342 e. The summed E-state index contributed by atoms with van der Waals surface area (Å²) >= 11 is 0. The first-order chi connectivity index (χ1) is 10.9. The molecule has 3 aliphatic carbocycles. The molecule has 0 spiro atoms. The van der Waals surface area contributed by atoms with E-state index in [1.54, 1.807) is 0 Å². The van der Waals surface area contributed by atoms with Crippen LogP contribution in [0.25, 0.3) is 0 Å². The maximum Gasteiger partial charge on any atom is 0.222 e. The SMILES string of the molecule is CN1C(=O)CC[C@@]2(C)C1CC(CN)[C@@H]1[C@H]2CC[C@]2(C)CCC[C@@H]12. The van der Waals surface area contributed by atoms with E-state index in [2.05, 4.69) is 18.7 Å². The monoisotopic (exact) mass is 318 g/mol. The summed E-state index contributed by atoms with van der Waals surface area (Å²) in [6.07, 6.45) is 10.0. The lowest BCUT2D eigenvalue weighted by atomic mass is 9.45. The molecule has 4 aliphatic rings. The fourth-order valence-corrected chi connectivity index (χ4v) is 7.50. The summed E-state index contributed by atoms with van der Waals surface area (Å²) in [5.74, 6) is 3.44. The van der Waals surface area contributed by atoms with Crippen LogP contribution in [-0.2, 0) is 4.79 Å². The van der Waals surface area contributed by atoms with Gasteiger partial charge in [0.05, 0.1) is 0 Å². The summed E-state index contributed by atoms with van der Waals surface area (Å²) in [6.45, 7) is 5.87. The number of carbonyl (C=O) groups is 1. The Morgan fingerprint density at radius 1 is 1.17 bits per heavy atom. The highest BCUT2D eigenvalue weighted by Gasteiger charge is 2.61. The molecule has 23 heavy (non-hydrogen) atoms. The Balaban J connectivity index is 1.72. The van der Waals surface area contributed by atoms with Gasteiger partial charge in [-0.25, -0.2) is 0 Å². The van der Waals surface area contributed by atoms with Crippen molar-refractivity contribution in [3.05, 3.63) is 0 Å². The van der Waals surface area contributed by atoms with Crippen molar-refractivity contribution < 1.29 is 4.79 Å². The number of nitrogens with two attached hydrogens (primary N) is 1. The first-order valence-electron chi connectivity index (χ1n) is 9.86. The lowest BCUT2D eigenvalue weighted by molar-refractivity contribution is -0.165. The second-order valence-corrected chi connectivity index (χ2v) is 9.63. The van der Waals surface area contributed by atoms with Crippen LogP contribution in [0.2, 0.25) is 0 Å². The van der Waals surface area contributed by atoms with Gasteiger partial charge < -0.3 is 10.6 Å². The van der Waals surface area contributed by atoms with Crippen molar-refractivity contribution >= 4 is 5.91 Å². The second-order valence-electron chi connectivity index (χ2n) is 9.63. The zero-order valence-corrected chi connectivity index (χ0v) is 15.2. The Morgan fingerprint density at radius 3 is 2.70 bits per heavy atom. The summed E-state index contributed by atoms with van der Waals surface area (Å²) in [5, 5.41) is 0. The number of rotatable bonds is 1. The molecule has 0 aromatic rings. The van der Waals surface area contributed by atoms with Crippen molar-refractivity contribution in [3.8, 4) is 0 Å². The molecule has 0 aromatic carbocycles. The largest absolute Gasteiger partial charge is 0.342 e. The highest BCUT2D eigenvalue weighted by molar-refractivity contribution is 5.77. The Labute approximate surface area is 141 Å². The predicted octanol–water partition coefficient (Wildman–Crippen LogP) is 3.42. The van der Waals surface area contributed by atoms with Gasteiger partial charge >= 0.3 is 0 Å². The van der Waals surface area contributed by atoms with Gasteiger partial charge in [-0.2, -0.15) is 0 Å². The van der Waals surface area contributed by atoms with Gasteiger partial charge in [0.25, 0.3) is 0 Å². The molecule has 1 saturated heterocycles. The summed E-state index contributed by atoms with van der Waals surface area (Å²) in [4.78, 5) is 14.4. The Morgan fingerprint density at radius 2 is 1.96 bits per heavy atom. The highest BCUT2D eigenvalue weighted by Crippen LogP contribution is 2.65. The van der Waals surface area contributed by atoms with Crippen molar-refractivity contribution in [2.45, 2.75) is 71.3 Å². The molecule has 2 unspecified atom stereocenters. The molecular weight excluding hydrogens is 284 g/mol. The fourth-order valence-electron chi connectivity index (χ4n) is 7.50. The number of amides is 1. The molecule has 0 bridgehead atoms. The average molecular weight is 319 g/mol. The van der Waals surface area contributed by atoms with E-state index >= 15 is 0 Å². The van der Waals surface area contributed by atoms with Gasteiger partial charge in [0.15, 0.2) is 0 Å². The third kappa shape index (κ3) is 2.08. The molecule has 2 N–H and O–H groups in total. The number of nitrogens with zero attached hydrogens (tertiary/aromatic N) is 1. The van der Waals surface area contributed by atoms with Crippen LogP contribution in [-0.4, -0.2) is 30.4 Å². The van der Waals surface area contributed by atoms with Crippen molar-refractivity contribution in [1.29, 1.82) is 0 Å². The first kappa shape index (κ1) is 15.9. The third-order valence-corrected chi connectivity index (χ3v) is 8.83. The lowest BCUT2D eigenvalue weighted by Gasteiger charge is -2.63. The third-order valence-electron chi connectivity index (χ3n) is 8.83. The van der Waals surface area contributed by atoms with Gasteiger partial charge in [0.2, 0.25) is 5.91 Å². The van der Waals surface area contributed by atoms with Crippen molar-refractivity contribution in [3.63, 3.8) is 0 Å². The van der Waals surface area contributed by atoms with Gasteiger partial charge in [0.1, 0.15) is 0 Å². The van der Waals surface area contributed by atoms with E-state index in [4.69, 9.17) is 5.73 Å². The second kappa shape index (κ2) is 5.21. The molecule has 1 heterocycles. The van der Waals surface area contributed by atoms with Crippen LogP contribution >= 0.6 is 0 Å². The molecule has 0 radical (unpaired) electrons. The van der Waals surface area contributed by atoms with E-state index in [9.17, 15) is 4.79 Å². The summed E-state index contributed by atoms with van der Waals surface area (Å²) < 4.78 is 0. The van der Waals surface area contributed by atoms with E-state index in [0.29, 0.717) is 28.7 Å². The zero-order chi connectivity index (χ0) is 16.4. The highest BCUT2D eigenvalue weighted by atomic mass is 16.2. The van der Waals surface area contributed by atoms with E-state index in [1.165, 1.54) is 32.1 Å². The van der Waals surface area contributed by atoms with Crippen LogP contribution in [0.4, 0.5) is 0 Å². The first-order valence-corrected chi connectivity index (χ1v) is 9.86. The Kier molecular flexibility index (Phi) is 3.61. The Bertz CT molecular complexity index is 506. The standard InChI is InChI=1S/C20H34N2O/c1-19-8-4-5-14(19)18-13(12-21)11-16-20(2,15(18)6-9-19)10-7-17(23)22(16)3/h13-16,18H,4-12,21H2,1-3H3/t13?,14-,15+,16?,18-,19-,20+/m0/s1. The summed E-state index contributed by atoms with van der Waals surface area (Å²) in [6, 6.07) is 0.421. The minimum absolute atomic E-state index is 0.322. The maximum absolute atomic E-state index is 12.3. The number of hydrogen-bond donors (Lipinski definition) is 1. The summed E-state index contributed by atoms with van der Waals surface area (Å²) in [5.41, 5.74) is 7.18. The molecule has 130 valence electrons. The van der Waals surface area contributed by atoms with Crippen molar-refractivity contribution in [1.82, 2.24) is 4.90 Å². The van der Waals surface area contributed by atoms with E-state index in [1.807, 2.05) is 7.05 Å². The zero-order valence-electron chi connectivity index (χ0n) is 15.2. The van der Waals surface area contributed by atoms with E-state index < -0.39 is 0 Å². The van der Waals surface area contributed by atoms with Gasteiger partial charge in [-0.3, -0.25) is 4.79 Å². The number of hydrogen-bond acceptors (Lipinski definition) is 2. The van der Waals surface area contributed by atoms with E-state index in [0.717, 1.165) is 43.6 Å². The van der Waals surface area contributed by atoms with Crippen LogP contribution in [0, 0.1) is 34.5 Å². The smallest absolute Gasteiger partial charge is 0.222 e. The van der Waals surface area contributed by atoms with Crippen LogP contribution in [0.3, 0.4) is 0 Å². The molecule has 7 atom stereocenters. The molecule has 3 saturated carbocycles. The van der Waals surface area contributed by atoms with E-state index in [-0.39, 0.29) is 0 Å². The van der Waals surface area contributed by atoms with Crippen molar-refractivity contribution in [2.75, 3.05) is 13.6 Å². The number of fused-ring (bicyclic) bond motifs is 5. The normalized spacial score (nSPS) is 52.8. The Hall–Kier alpha value is -0.570. The van der Waals surface area contributed by atoms with Gasteiger partial charge in [-0.15, -0.1) is 0 Å². The minimum atomic E-state index is 0.322. The molecule has 3 nitrogen and oxygen atoms in total. The maximum atomic E-state index is 12.3. The molecule has 0 aromatic heterocycles. The number of carbonyl (C=O) groups excluding carboxylic acids is 1. The molecule has 4 fully saturated rings. The fraction of sp³-hybridized carbons (Fsp3) is 0.950. The molecule has 1 amide bonds. The summed E-state index contributed by atoms with van der Waals surface area (Å²) in [7, 11) is 2.04. The quantitative estimate of drug-likeness (QED) is 0.805. The van der Waals surface area contributed by atoms with Crippen LogP contribution in [0.1, 0.15) is 65.2 Å².